The number of hydrogen-bond donors (Lipinski definition) is 2. The molecule has 2 N–H and O–H groups in total. The summed E-state index contributed by atoms with van der Waals surface area (Å²) in [6.07, 6.45) is 14.2. The summed E-state index contributed by atoms with van der Waals surface area (Å²) in [6.45, 7) is 9.02. The topological polar surface area (TPSA) is 66.8 Å². The van der Waals surface area contributed by atoms with Crippen molar-refractivity contribution in [1.82, 2.24) is 0 Å². The van der Waals surface area contributed by atoms with Crippen LogP contribution in [0.2, 0.25) is 0 Å². The molecule has 184 valence electrons. The fourth-order valence-electron chi connectivity index (χ4n) is 4.04. The van der Waals surface area contributed by atoms with Crippen LogP contribution in [-0.2, 0) is 30.6 Å². The summed E-state index contributed by atoms with van der Waals surface area (Å²) in [5.41, 5.74) is 6.10. The number of phenols is 1. The van der Waals surface area contributed by atoms with Gasteiger partial charge < -0.3 is 5.11 Å². The zero-order chi connectivity index (χ0) is 24.5. The lowest BCUT2D eigenvalue weighted by Gasteiger charge is -2.21. The highest BCUT2D eigenvalue weighted by Gasteiger charge is 2.17. The van der Waals surface area contributed by atoms with Crippen LogP contribution in [0.3, 0.4) is 0 Å². The minimum absolute atomic E-state index is 0.338. The first-order valence-electron chi connectivity index (χ1n) is 12.8. The maximum atomic E-state index is 10.6. The lowest BCUT2D eigenvalue weighted by Crippen LogP contribution is -2.07. The van der Waals surface area contributed by atoms with Gasteiger partial charge in [0.05, 0.1) is 5.56 Å². The Labute approximate surface area is 200 Å². The summed E-state index contributed by atoms with van der Waals surface area (Å²) < 4.78 is 0. The van der Waals surface area contributed by atoms with Crippen LogP contribution >= 0.6 is 0 Å². The molecule has 0 radical (unpaired) electrons. The molecule has 0 atom stereocenters. The number of hydrogen-bond acceptors (Lipinski definition) is 4. The van der Waals surface area contributed by atoms with E-state index < -0.39 is 5.97 Å². The highest BCUT2D eigenvalue weighted by atomic mass is 17.1. The molecule has 0 fully saturated rings. The maximum absolute atomic E-state index is 10.6. The van der Waals surface area contributed by atoms with E-state index in [2.05, 4.69) is 38.6 Å². The van der Waals surface area contributed by atoms with Gasteiger partial charge in [-0.15, -0.1) is 0 Å². The average molecular weight is 457 g/mol. The highest BCUT2D eigenvalue weighted by Crippen LogP contribution is 2.33. The van der Waals surface area contributed by atoms with Crippen LogP contribution in [0.1, 0.15) is 112 Å². The lowest BCUT2D eigenvalue weighted by molar-refractivity contribution is -0.182. The van der Waals surface area contributed by atoms with E-state index in [1.54, 1.807) is 35.9 Å². The zero-order valence-corrected chi connectivity index (χ0v) is 21.2. The molecule has 0 amide bonds. The molecule has 0 saturated carbocycles. The first-order chi connectivity index (χ1) is 16.0. The first-order valence-corrected chi connectivity index (χ1v) is 12.8. The Morgan fingerprint density at radius 1 is 0.727 bits per heavy atom. The molecule has 0 bridgehead atoms. The molecule has 33 heavy (non-hydrogen) atoms. The Bertz CT molecular complexity index is 799. The number of carbonyl (C=O) groups is 1. The number of rotatable bonds is 13. The summed E-state index contributed by atoms with van der Waals surface area (Å²) in [4.78, 5) is 14.0. The summed E-state index contributed by atoms with van der Waals surface area (Å²) in [7, 11) is 0. The van der Waals surface area contributed by atoms with Gasteiger partial charge in [0.25, 0.3) is 0 Å². The molecule has 2 aromatic carbocycles. The monoisotopic (exact) mass is 456 g/mol. The summed E-state index contributed by atoms with van der Waals surface area (Å²) in [6, 6.07) is 10.4. The summed E-state index contributed by atoms with van der Waals surface area (Å²) in [5.74, 6) is -0.170. The van der Waals surface area contributed by atoms with E-state index >= 15 is 0 Å². The summed E-state index contributed by atoms with van der Waals surface area (Å²) >= 11 is 0. The van der Waals surface area contributed by atoms with Crippen LogP contribution in [0.4, 0.5) is 0 Å². The van der Waals surface area contributed by atoms with Crippen molar-refractivity contribution in [2.24, 2.45) is 0 Å². The Morgan fingerprint density at radius 3 is 1.73 bits per heavy atom. The van der Waals surface area contributed by atoms with Gasteiger partial charge in [0.15, 0.2) is 0 Å². The quantitative estimate of drug-likeness (QED) is 0.236. The molecule has 0 saturated heterocycles. The fourth-order valence-corrected chi connectivity index (χ4v) is 4.04. The van der Waals surface area contributed by atoms with Crippen LogP contribution in [0, 0.1) is 0 Å². The molecular weight excluding hydrogens is 412 g/mol. The Morgan fingerprint density at radius 2 is 1.21 bits per heavy atom. The van der Waals surface area contributed by atoms with Crippen molar-refractivity contribution in [3.05, 3.63) is 64.2 Å². The van der Waals surface area contributed by atoms with E-state index in [1.165, 1.54) is 74.5 Å². The number of carbonyl (C=O) groups excluding carboxylic acids is 1. The van der Waals surface area contributed by atoms with Crippen molar-refractivity contribution in [2.45, 2.75) is 105 Å². The van der Waals surface area contributed by atoms with Crippen molar-refractivity contribution in [2.75, 3.05) is 0 Å². The van der Waals surface area contributed by atoms with Gasteiger partial charge in [0.1, 0.15) is 5.75 Å². The van der Waals surface area contributed by atoms with Gasteiger partial charge in [-0.3, -0.25) is 4.89 Å². The van der Waals surface area contributed by atoms with Crippen molar-refractivity contribution in [1.29, 1.82) is 0 Å². The second-order valence-electron chi connectivity index (χ2n) is 8.65. The molecule has 0 aliphatic rings. The molecule has 2 rings (SSSR count). The molecular formula is C29H44O4. The highest BCUT2D eigenvalue weighted by molar-refractivity contribution is 5.88. The van der Waals surface area contributed by atoms with Gasteiger partial charge in [-0.25, -0.2) is 4.79 Å². The minimum Gasteiger partial charge on any atom is -0.508 e. The molecule has 0 aliphatic carbocycles. The van der Waals surface area contributed by atoms with Gasteiger partial charge in [-0.2, -0.15) is 5.26 Å². The number of phenolic OH excluding ortho intramolecular Hbond substituents is 1. The van der Waals surface area contributed by atoms with E-state index in [1.807, 2.05) is 0 Å². The number of benzene rings is 2. The summed E-state index contributed by atoms with van der Waals surface area (Å²) in [5, 5.41) is 18.6. The average Bonchev–Trinajstić information content (AvgIpc) is 2.85. The molecule has 0 heterocycles. The molecule has 0 spiro atoms. The lowest BCUT2D eigenvalue weighted by atomic mass is 9.85. The SMILES string of the molecule is CCCCc1cc(O)c(CCCC)c(CCCC)c1CCCC.O=C(OO)c1ccccc1. The van der Waals surface area contributed by atoms with E-state index in [4.69, 9.17) is 5.26 Å². The molecule has 4 heteroatoms. The smallest absolute Gasteiger partial charge is 0.372 e. The van der Waals surface area contributed by atoms with Crippen molar-refractivity contribution >= 4 is 5.97 Å². The Kier molecular flexibility index (Phi) is 14.9. The predicted octanol–water partition coefficient (Wildman–Crippen LogP) is 8.08. The number of unbranched alkanes of at least 4 members (excludes halogenated alkanes) is 4. The van der Waals surface area contributed by atoms with Crippen molar-refractivity contribution in [3.63, 3.8) is 0 Å². The van der Waals surface area contributed by atoms with Gasteiger partial charge >= 0.3 is 5.97 Å². The molecule has 2 aromatic rings. The third-order valence-corrected chi connectivity index (χ3v) is 5.97. The Balaban J connectivity index is 0.000000451. The number of aromatic hydroxyl groups is 1. The van der Waals surface area contributed by atoms with Crippen LogP contribution in [0.25, 0.3) is 0 Å². The van der Waals surface area contributed by atoms with Gasteiger partial charge in [0, 0.05) is 0 Å². The van der Waals surface area contributed by atoms with E-state index in [0.29, 0.717) is 11.3 Å². The van der Waals surface area contributed by atoms with Gasteiger partial charge in [0.2, 0.25) is 0 Å². The van der Waals surface area contributed by atoms with Gasteiger partial charge in [-0.1, -0.05) is 71.6 Å². The van der Waals surface area contributed by atoms with Crippen LogP contribution in [-0.4, -0.2) is 16.3 Å². The number of aryl methyl sites for hydroxylation is 1. The van der Waals surface area contributed by atoms with Crippen molar-refractivity contribution < 1.29 is 20.0 Å². The second-order valence-corrected chi connectivity index (χ2v) is 8.65. The maximum Gasteiger partial charge on any atom is 0.372 e. The van der Waals surface area contributed by atoms with Crippen LogP contribution < -0.4 is 0 Å². The second kappa shape index (κ2) is 17.2. The molecule has 0 unspecified atom stereocenters. The van der Waals surface area contributed by atoms with E-state index in [9.17, 15) is 9.90 Å². The predicted molar refractivity (Wildman–Crippen MR) is 137 cm³/mol. The van der Waals surface area contributed by atoms with Crippen LogP contribution in [0.15, 0.2) is 36.4 Å². The molecule has 4 nitrogen and oxygen atoms in total. The molecule has 0 aromatic heterocycles. The standard InChI is InChI=1S/C22H38O.C7H6O3/c1-5-9-13-18-17-22(23)21(16-12-8-4)20(15-11-7-3)19(18)14-10-6-2;8-7(10-9)6-4-2-1-3-5-6/h17,23H,5-16H2,1-4H3;1-5,9H. The van der Waals surface area contributed by atoms with Crippen molar-refractivity contribution in [3.8, 4) is 5.75 Å². The zero-order valence-electron chi connectivity index (χ0n) is 21.2. The minimum atomic E-state index is -0.736. The molecule has 0 aliphatic heterocycles. The van der Waals surface area contributed by atoms with E-state index in [0.717, 1.165) is 19.3 Å². The largest absolute Gasteiger partial charge is 0.508 e. The van der Waals surface area contributed by atoms with Crippen LogP contribution in [0.5, 0.6) is 5.75 Å². The fraction of sp³-hybridized carbons (Fsp3) is 0.552. The third-order valence-electron chi connectivity index (χ3n) is 5.97. The van der Waals surface area contributed by atoms with Gasteiger partial charge in [-0.05, 0) is 91.8 Å². The first kappa shape index (κ1) is 28.7. The Hall–Kier alpha value is -2.33. The normalized spacial score (nSPS) is 10.5. The van der Waals surface area contributed by atoms with E-state index in [-0.39, 0.29) is 0 Å². The third kappa shape index (κ3) is 10.00.